The van der Waals surface area contributed by atoms with Gasteiger partial charge in [0.15, 0.2) is 0 Å². The molecule has 34 heavy (non-hydrogen) atoms. The van der Waals surface area contributed by atoms with Crippen LogP contribution in [0.2, 0.25) is 0 Å². The van der Waals surface area contributed by atoms with Crippen molar-refractivity contribution in [3.05, 3.63) is 102 Å². The largest absolute Gasteiger partial charge is 0.376 e. The highest BCUT2D eigenvalue weighted by Gasteiger charge is 2.54. The standard InChI is InChI=1S/C27H29FO5S/c1-20-12-14-23(15-13-20)34(29,30)33-27-25(19-32-17-22-10-6-3-7-11-22)24(26(27)28)18-31-16-21-8-4-2-5-9-21/h2-15,24-27H,16-19H2,1H3/t24-,25-,26+,27-/m0/s1. The van der Waals surface area contributed by atoms with Crippen LogP contribution in [0.3, 0.4) is 0 Å². The van der Waals surface area contributed by atoms with E-state index in [1.165, 1.54) is 12.1 Å². The van der Waals surface area contributed by atoms with Crippen molar-refractivity contribution in [1.82, 2.24) is 0 Å². The van der Waals surface area contributed by atoms with Crippen molar-refractivity contribution >= 4 is 10.1 Å². The van der Waals surface area contributed by atoms with Crippen LogP contribution in [-0.2, 0) is 37.0 Å². The summed E-state index contributed by atoms with van der Waals surface area (Å²) in [5.74, 6) is -0.965. The zero-order chi connectivity index (χ0) is 24.0. The first-order chi connectivity index (χ1) is 16.4. The number of halogens is 1. The van der Waals surface area contributed by atoms with Crippen molar-refractivity contribution in [3.8, 4) is 0 Å². The third kappa shape index (κ3) is 6.10. The summed E-state index contributed by atoms with van der Waals surface area (Å²) in [6.07, 6.45) is -2.59. The Morgan fingerprint density at radius 2 is 1.24 bits per heavy atom. The van der Waals surface area contributed by atoms with E-state index in [0.29, 0.717) is 13.2 Å². The van der Waals surface area contributed by atoms with E-state index in [4.69, 9.17) is 13.7 Å². The van der Waals surface area contributed by atoms with Crippen molar-refractivity contribution in [3.63, 3.8) is 0 Å². The maximum absolute atomic E-state index is 15.2. The van der Waals surface area contributed by atoms with E-state index in [0.717, 1.165) is 16.7 Å². The molecule has 180 valence electrons. The van der Waals surface area contributed by atoms with E-state index in [2.05, 4.69) is 0 Å². The predicted octanol–water partition coefficient (Wildman–Crippen LogP) is 5.09. The molecule has 0 aliphatic heterocycles. The summed E-state index contributed by atoms with van der Waals surface area (Å²) < 4.78 is 57.7. The lowest BCUT2D eigenvalue weighted by molar-refractivity contribution is -0.150. The molecule has 1 aliphatic rings. The second-order valence-electron chi connectivity index (χ2n) is 8.60. The fourth-order valence-corrected chi connectivity index (χ4v) is 5.18. The molecule has 7 heteroatoms. The zero-order valence-corrected chi connectivity index (χ0v) is 19.9. The monoisotopic (exact) mass is 484 g/mol. The van der Waals surface area contributed by atoms with Gasteiger partial charge in [0, 0.05) is 11.8 Å². The van der Waals surface area contributed by atoms with Crippen molar-refractivity contribution in [2.24, 2.45) is 11.8 Å². The molecule has 0 saturated heterocycles. The molecular formula is C27H29FO5S. The topological polar surface area (TPSA) is 61.8 Å². The molecule has 0 radical (unpaired) electrons. The fourth-order valence-electron chi connectivity index (χ4n) is 4.05. The van der Waals surface area contributed by atoms with Gasteiger partial charge >= 0.3 is 0 Å². The lowest BCUT2D eigenvalue weighted by Crippen LogP contribution is -2.58. The average molecular weight is 485 g/mol. The molecular weight excluding hydrogens is 455 g/mol. The van der Waals surface area contributed by atoms with E-state index < -0.39 is 34.2 Å². The Kier molecular flexibility index (Phi) is 8.11. The van der Waals surface area contributed by atoms with Gasteiger partial charge in [0.2, 0.25) is 0 Å². The first-order valence-corrected chi connectivity index (χ1v) is 12.7. The molecule has 0 bridgehead atoms. The fraction of sp³-hybridized carbons (Fsp3) is 0.333. The van der Waals surface area contributed by atoms with Crippen LogP contribution in [-0.4, -0.2) is 33.9 Å². The first-order valence-electron chi connectivity index (χ1n) is 11.3. The molecule has 0 spiro atoms. The summed E-state index contributed by atoms with van der Waals surface area (Å²) in [5, 5.41) is 0. The van der Waals surface area contributed by atoms with Gasteiger partial charge in [0.05, 0.1) is 31.3 Å². The minimum atomic E-state index is -4.10. The Morgan fingerprint density at radius 3 is 1.76 bits per heavy atom. The van der Waals surface area contributed by atoms with E-state index in [-0.39, 0.29) is 18.1 Å². The summed E-state index contributed by atoms with van der Waals surface area (Å²) in [7, 11) is -4.10. The third-order valence-corrected chi connectivity index (χ3v) is 7.41. The summed E-state index contributed by atoms with van der Waals surface area (Å²) in [4.78, 5) is 0.0121. The molecule has 0 N–H and O–H groups in total. The third-order valence-electron chi connectivity index (χ3n) is 6.09. The van der Waals surface area contributed by atoms with Crippen molar-refractivity contribution in [2.75, 3.05) is 13.2 Å². The van der Waals surface area contributed by atoms with Crippen LogP contribution in [0.5, 0.6) is 0 Å². The lowest BCUT2D eigenvalue weighted by Gasteiger charge is -2.46. The van der Waals surface area contributed by atoms with E-state index in [1.807, 2.05) is 67.6 Å². The summed E-state index contributed by atoms with van der Waals surface area (Å²) in [5.41, 5.74) is 2.90. The van der Waals surface area contributed by atoms with E-state index in [9.17, 15) is 8.42 Å². The Bertz CT molecular complexity index is 1140. The number of rotatable bonds is 11. The van der Waals surface area contributed by atoms with Crippen LogP contribution in [0.4, 0.5) is 4.39 Å². The van der Waals surface area contributed by atoms with Crippen LogP contribution >= 0.6 is 0 Å². The Hall–Kier alpha value is -2.58. The van der Waals surface area contributed by atoms with Gasteiger partial charge in [-0.2, -0.15) is 8.42 Å². The van der Waals surface area contributed by atoms with Gasteiger partial charge in [-0.1, -0.05) is 78.4 Å². The molecule has 1 saturated carbocycles. The quantitative estimate of drug-likeness (QED) is 0.355. The van der Waals surface area contributed by atoms with Crippen molar-refractivity contribution in [1.29, 1.82) is 0 Å². The van der Waals surface area contributed by atoms with Gasteiger partial charge in [-0.05, 0) is 30.2 Å². The van der Waals surface area contributed by atoms with Crippen molar-refractivity contribution in [2.45, 2.75) is 37.3 Å². The highest BCUT2D eigenvalue weighted by atomic mass is 32.2. The Morgan fingerprint density at radius 1 is 0.735 bits per heavy atom. The number of hydrogen-bond donors (Lipinski definition) is 0. The minimum absolute atomic E-state index is 0.0121. The molecule has 0 heterocycles. The summed E-state index contributed by atoms with van der Waals surface area (Å²) in [6.45, 7) is 2.89. The second kappa shape index (κ2) is 11.2. The minimum Gasteiger partial charge on any atom is -0.376 e. The first kappa shape index (κ1) is 24.5. The number of ether oxygens (including phenoxy) is 2. The summed E-state index contributed by atoms with van der Waals surface area (Å²) in [6, 6.07) is 25.6. The molecule has 4 rings (SSSR count). The molecule has 5 nitrogen and oxygen atoms in total. The number of hydrogen-bond acceptors (Lipinski definition) is 5. The number of alkyl halides is 1. The molecule has 3 aromatic rings. The van der Waals surface area contributed by atoms with Gasteiger partial charge in [0.1, 0.15) is 12.3 Å². The van der Waals surface area contributed by atoms with Crippen molar-refractivity contribution < 1.29 is 26.5 Å². The SMILES string of the molecule is Cc1ccc(S(=O)(=O)O[C@@H]2[C@H](F)[C@@H](COCc3ccccc3)[C@@H]2COCc2ccccc2)cc1. The lowest BCUT2D eigenvalue weighted by atomic mass is 9.70. The van der Waals surface area contributed by atoms with Gasteiger partial charge in [-0.15, -0.1) is 0 Å². The van der Waals surface area contributed by atoms with Gasteiger partial charge in [0.25, 0.3) is 10.1 Å². The molecule has 0 aromatic heterocycles. The highest BCUT2D eigenvalue weighted by Crippen LogP contribution is 2.42. The Balaban J connectivity index is 1.41. The number of aryl methyl sites for hydroxylation is 1. The summed E-state index contributed by atoms with van der Waals surface area (Å²) >= 11 is 0. The maximum atomic E-state index is 15.2. The smallest absolute Gasteiger partial charge is 0.297 e. The van der Waals surface area contributed by atoms with Crippen LogP contribution in [0.15, 0.2) is 89.8 Å². The van der Waals surface area contributed by atoms with Crippen LogP contribution in [0.25, 0.3) is 0 Å². The molecule has 0 unspecified atom stereocenters. The van der Waals surface area contributed by atoms with E-state index in [1.54, 1.807) is 12.1 Å². The van der Waals surface area contributed by atoms with Gasteiger partial charge < -0.3 is 9.47 Å². The van der Waals surface area contributed by atoms with Crippen LogP contribution in [0, 0.1) is 18.8 Å². The number of benzene rings is 3. The average Bonchev–Trinajstić information content (AvgIpc) is 2.85. The van der Waals surface area contributed by atoms with Gasteiger partial charge in [-0.3, -0.25) is 4.18 Å². The molecule has 0 amide bonds. The molecule has 4 atom stereocenters. The molecule has 1 fully saturated rings. The van der Waals surface area contributed by atoms with Crippen LogP contribution < -0.4 is 0 Å². The Labute approximate surface area is 200 Å². The second-order valence-corrected chi connectivity index (χ2v) is 10.2. The zero-order valence-electron chi connectivity index (χ0n) is 19.0. The van der Waals surface area contributed by atoms with E-state index >= 15 is 4.39 Å². The maximum Gasteiger partial charge on any atom is 0.297 e. The molecule has 3 aromatic carbocycles. The molecule has 1 aliphatic carbocycles. The van der Waals surface area contributed by atoms with Crippen LogP contribution in [0.1, 0.15) is 16.7 Å². The highest BCUT2D eigenvalue weighted by molar-refractivity contribution is 7.86. The predicted molar refractivity (Wildman–Crippen MR) is 127 cm³/mol. The van der Waals surface area contributed by atoms with Gasteiger partial charge in [-0.25, -0.2) is 4.39 Å². The normalized spacial score (nSPS) is 22.3.